The van der Waals surface area contributed by atoms with Crippen molar-refractivity contribution in [2.24, 2.45) is 0 Å². The van der Waals surface area contributed by atoms with Crippen LogP contribution in [0.1, 0.15) is 11.1 Å². The van der Waals surface area contributed by atoms with Crippen LogP contribution in [-0.4, -0.2) is 12.9 Å². The molecule has 0 spiro atoms. The maximum Gasteiger partial charge on any atom is 0.141 e. The van der Waals surface area contributed by atoms with Gasteiger partial charge in [-0.1, -0.05) is 29.8 Å². The Morgan fingerprint density at radius 3 is 2.45 bits per heavy atom. The van der Waals surface area contributed by atoms with Crippen LogP contribution in [0, 0.1) is 0 Å². The van der Waals surface area contributed by atoms with E-state index in [1.54, 1.807) is 13.2 Å². The Bertz CT molecular complexity index is 626. The number of ether oxygens (including phenoxy) is 1. The number of hydrogen-bond donors (Lipinski definition) is 0. The molecule has 2 nitrogen and oxygen atoms in total. The van der Waals surface area contributed by atoms with E-state index in [1.165, 1.54) is 0 Å². The van der Waals surface area contributed by atoms with Gasteiger partial charge in [-0.05, 0) is 51.3 Å². The van der Waals surface area contributed by atoms with Gasteiger partial charge in [-0.15, -0.1) is 0 Å². The summed E-state index contributed by atoms with van der Waals surface area (Å²) in [6.07, 6.45) is 0.791. The zero-order chi connectivity index (χ0) is 14.5. The number of Topliss-reactive ketones (excluding diaryl/α,β-unsaturated/α-hetero) is 1. The second-order valence-corrected chi connectivity index (χ2v) is 5.78. The second-order valence-electron chi connectivity index (χ2n) is 4.49. The number of rotatable bonds is 5. The van der Waals surface area contributed by atoms with Crippen molar-refractivity contribution in [2.45, 2.75) is 12.8 Å². The van der Waals surface area contributed by atoms with Crippen LogP contribution in [0.25, 0.3) is 0 Å². The van der Waals surface area contributed by atoms with Gasteiger partial charge >= 0.3 is 0 Å². The van der Waals surface area contributed by atoms with Gasteiger partial charge < -0.3 is 4.74 Å². The van der Waals surface area contributed by atoms with Crippen molar-refractivity contribution in [3.8, 4) is 5.75 Å². The van der Waals surface area contributed by atoms with E-state index in [1.807, 2.05) is 36.4 Å². The normalized spacial score (nSPS) is 10.3. The van der Waals surface area contributed by atoms with Crippen LogP contribution in [0.4, 0.5) is 0 Å². The summed E-state index contributed by atoms with van der Waals surface area (Å²) in [6.45, 7) is 0. The molecular formula is C16H14BrClO2. The van der Waals surface area contributed by atoms with Gasteiger partial charge in [0.2, 0.25) is 0 Å². The molecule has 0 fully saturated rings. The van der Waals surface area contributed by atoms with E-state index < -0.39 is 0 Å². The molecule has 0 unspecified atom stereocenters. The first-order chi connectivity index (χ1) is 9.58. The summed E-state index contributed by atoms with van der Waals surface area (Å²) >= 11 is 9.33. The molecule has 0 aliphatic rings. The lowest BCUT2D eigenvalue weighted by atomic mass is 10.0. The molecule has 4 heteroatoms. The smallest absolute Gasteiger partial charge is 0.141 e. The van der Waals surface area contributed by atoms with Gasteiger partial charge in [-0.3, -0.25) is 4.79 Å². The molecular weight excluding hydrogens is 340 g/mol. The number of benzene rings is 2. The van der Waals surface area contributed by atoms with Crippen LogP contribution in [0.2, 0.25) is 5.02 Å². The lowest BCUT2D eigenvalue weighted by Crippen LogP contribution is -2.06. The molecule has 0 atom stereocenters. The number of hydrogen-bond acceptors (Lipinski definition) is 2. The fourth-order valence-electron chi connectivity index (χ4n) is 1.98. The minimum Gasteiger partial charge on any atom is -0.496 e. The minimum atomic E-state index is 0.157. The molecule has 0 radical (unpaired) electrons. The Kier molecular flexibility index (Phi) is 5.21. The van der Waals surface area contributed by atoms with Gasteiger partial charge in [0.25, 0.3) is 0 Å². The number of halogens is 2. The molecule has 0 aliphatic heterocycles. The van der Waals surface area contributed by atoms with E-state index in [0.717, 1.165) is 21.3 Å². The Morgan fingerprint density at radius 2 is 1.85 bits per heavy atom. The van der Waals surface area contributed by atoms with Gasteiger partial charge in [0, 0.05) is 17.9 Å². The molecule has 20 heavy (non-hydrogen) atoms. The van der Waals surface area contributed by atoms with Crippen LogP contribution >= 0.6 is 27.5 Å². The third kappa shape index (κ3) is 4.09. The molecule has 0 heterocycles. The van der Waals surface area contributed by atoms with Crippen LogP contribution in [-0.2, 0) is 17.6 Å². The number of ketones is 1. The lowest BCUT2D eigenvalue weighted by molar-refractivity contribution is -0.117. The fourth-order valence-corrected chi connectivity index (χ4v) is 2.79. The summed E-state index contributed by atoms with van der Waals surface area (Å²) in [4.78, 5) is 12.1. The largest absolute Gasteiger partial charge is 0.496 e. The van der Waals surface area contributed by atoms with E-state index >= 15 is 0 Å². The molecule has 2 aromatic rings. The van der Waals surface area contributed by atoms with Crippen molar-refractivity contribution >= 4 is 33.3 Å². The van der Waals surface area contributed by atoms with Crippen molar-refractivity contribution in [1.82, 2.24) is 0 Å². The Labute approximate surface area is 131 Å². The maximum atomic E-state index is 12.1. The van der Waals surface area contributed by atoms with Gasteiger partial charge in [-0.2, -0.15) is 0 Å². The Morgan fingerprint density at radius 1 is 1.15 bits per heavy atom. The standard InChI is InChI=1S/C16H14BrClO2/c1-20-16-6-5-12(10-15(16)17)9-14(19)8-11-3-2-4-13(18)7-11/h2-7,10H,8-9H2,1H3. The first-order valence-electron chi connectivity index (χ1n) is 6.17. The van der Waals surface area contributed by atoms with Crippen LogP contribution in [0.15, 0.2) is 46.9 Å². The number of methoxy groups -OCH3 is 1. The van der Waals surface area contributed by atoms with E-state index in [0.29, 0.717) is 17.9 Å². The van der Waals surface area contributed by atoms with Crippen molar-refractivity contribution in [2.75, 3.05) is 7.11 Å². The molecule has 2 rings (SSSR count). The van der Waals surface area contributed by atoms with Crippen molar-refractivity contribution in [3.63, 3.8) is 0 Å². The van der Waals surface area contributed by atoms with Gasteiger partial charge in [0.15, 0.2) is 0 Å². The van der Waals surface area contributed by atoms with E-state index in [-0.39, 0.29) is 5.78 Å². The molecule has 0 amide bonds. The highest BCUT2D eigenvalue weighted by Gasteiger charge is 2.08. The minimum absolute atomic E-state index is 0.157. The molecule has 0 bridgehead atoms. The van der Waals surface area contributed by atoms with Gasteiger partial charge in [0.1, 0.15) is 11.5 Å². The number of carbonyl (C=O) groups excluding carboxylic acids is 1. The molecule has 0 saturated heterocycles. The van der Waals surface area contributed by atoms with Crippen molar-refractivity contribution < 1.29 is 9.53 Å². The molecule has 2 aromatic carbocycles. The Balaban J connectivity index is 2.03. The van der Waals surface area contributed by atoms with Crippen molar-refractivity contribution in [1.29, 1.82) is 0 Å². The molecule has 104 valence electrons. The summed E-state index contributed by atoms with van der Waals surface area (Å²) < 4.78 is 6.02. The van der Waals surface area contributed by atoms with Crippen LogP contribution < -0.4 is 4.74 Å². The molecule has 0 aliphatic carbocycles. The van der Waals surface area contributed by atoms with Gasteiger partial charge in [-0.25, -0.2) is 0 Å². The highest BCUT2D eigenvalue weighted by atomic mass is 79.9. The maximum absolute atomic E-state index is 12.1. The third-order valence-electron chi connectivity index (χ3n) is 2.91. The predicted molar refractivity (Wildman–Crippen MR) is 84.6 cm³/mol. The predicted octanol–water partition coefficient (Wildman–Crippen LogP) is 4.47. The topological polar surface area (TPSA) is 26.3 Å². The Hall–Kier alpha value is -1.32. The van der Waals surface area contributed by atoms with E-state index in [2.05, 4.69) is 15.9 Å². The first-order valence-corrected chi connectivity index (χ1v) is 7.34. The molecule has 0 N–H and O–H groups in total. The zero-order valence-electron chi connectivity index (χ0n) is 11.0. The summed E-state index contributed by atoms with van der Waals surface area (Å²) in [6, 6.07) is 13.1. The summed E-state index contributed by atoms with van der Waals surface area (Å²) in [5.74, 6) is 0.917. The summed E-state index contributed by atoms with van der Waals surface area (Å²) in [7, 11) is 1.62. The van der Waals surface area contributed by atoms with Gasteiger partial charge in [0.05, 0.1) is 11.6 Å². The van der Waals surface area contributed by atoms with Crippen molar-refractivity contribution in [3.05, 3.63) is 63.1 Å². The zero-order valence-corrected chi connectivity index (χ0v) is 13.4. The third-order valence-corrected chi connectivity index (χ3v) is 3.76. The average molecular weight is 354 g/mol. The second kappa shape index (κ2) is 6.91. The first kappa shape index (κ1) is 15.1. The monoisotopic (exact) mass is 352 g/mol. The van der Waals surface area contributed by atoms with Crippen LogP contribution in [0.3, 0.4) is 0 Å². The SMILES string of the molecule is COc1ccc(CC(=O)Cc2cccc(Cl)c2)cc1Br. The summed E-state index contributed by atoms with van der Waals surface area (Å²) in [5, 5.41) is 0.655. The van der Waals surface area contributed by atoms with Crippen LogP contribution in [0.5, 0.6) is 5.75 Å². The molecule has 0 saturated carbocycles. The lowest BCUT2D eigenvalue weighted by Gasteiger charge is -2.06. The highest BCUT2D eigenvalue weighted by molar-refractivity contribution is 9.10. The average Bonchev–Trinajstić information content (AvgIpc) is 2.38. The highest BCUT2D eigenvalue weighted by Crippen LogP contribution is 2.25. The quantitative estimate of drug-likeness (QED) is 0.793. The fraction of sp³-hybridized carbons (Fsp3) is 0.188. The van der Waals surface area contributed by atoms with E-state index in [9.17, 15) is 4.79 Å². The molecule has 0 aromatic heterocycles. The summed E-state index contributed by atoms with van der Waals surface area (Å²) in [5.41, 5.74) is 1.90. The number of carbonyl (C=O) groups is 1. The van der Waals surface area contributed by atoms with E-state index in [4.69, 9.17) is 16.3 Å².